The van der Waals surface area contributed by atoms with Crippen LogP contribution in [0.15, 0.2) is 29.6 Å². The molecule has 0 bridgehead atoms. The number of para-hydroxylation sites is 1. The number of benzene rings is 1. The van der Waals surface area contributed by atoms with E-state index in [1.807, 2.05) is 43.5 Å². The molecule has 4 heteroatoms. The minimum Gasteiger partial charge on any atom is -0.496 e. The molecule has 0 atom stereocenters. The summed E-state index contributed by atoms with van der Waals surface area (Å²) in [6.07, 6.45) is 0. The summed E-state index contributed by atoms with van der Waals surface area (Å²) in [4.78, 5) is 4.57. The lowest BCUT2D eigenvalue weighted by Gasteiger charge is -2.14. The average molecular weight is 248 g/mol. The molecule has 0 amide bonds. The standard InChI is InChI=1S/C13H16N2OS/c1-13(2,14)12-15-10(8-17-12)9-6-4-5-7-11(9)16-3/h4-8H,14H2,1-3H3. The molecule has 2 rings (SSSR count). The first kappa shape index (κ1) is 12.1. The quantitative estimate of drug-likeness (QED) is 0.908. The van der Waals surface area contributed by atoms with Gasteiger partial charge in [-0.15, -0.1) is 11.3 Å². The Labute approximate surface area is 105 Å². The second-order valence-corrected chi connectivity index (χ2v) is 5.32. The van der Waals surface area contributed by atoms with Crippen molar-refractivity contribution in [1.29, 1.82) is 0 Å². The lowest BCUT2D eigenvalue weighted by atomic mass is 10.1. The molecular formula is C13H16N2OS. The van der Waals surface area contributed by atoms with Gasteiger partial charge < -0.3 is 10.5 Å². The number of ether oxygens (including phenoxy) is 1. The summed E-state index contributed by atoms with van der Waals surface area (Å²) < 4.78 is 5.33. The molecule has 0 radical (unpaired) electrons. The Hall–Kier alpha value is -1.39. The van der Waals surface area contributed by atoms with E-state index in [4.69, 9.17) is 10.5 Å². The largest absolute Gasteiger partial charge is 0.496 e. The molecule has 0 aliphatic rings. The Kier molecular flexibility index (Phi) is 3.17. The number of rotatable bonds is 3. The van der Waals surface area contributed by atoms with E-state index in [1.54, 1.807) is 18.4 Å². The van der Waals surface area contributed by atoms with Crippen LogP contribution in [-0.4, -0.2) is 12.1 Å². The van der Waals surface area contributed by atoms with Gasteiger partial charge in [-0.25, -0.2) is 4.98 Å². The van der Waals surface area contributed by atoms with Gasteiger partial charge in [0.2, 0.25) is 0 Å². The Balaban J connectivity index is 2.44. The summed E-state index contributed by atoms with van der Waals surface area (Å²) in [5.41, 5.74) is 7.56. The van der Waals surface area contributed by atoms with Crippen molar-refractivity contribution in [3.63, 3.8) is 0 Å². The highest BCUT2D eigenvalue weighted by atomic mass is 32.1. The number of nitrogens with zero attached hydrogens (tertiary/aromatic N) is 1. The van der Waals surface area contributed by atoms with Crippen LogP contribution in [0.2, 0.25) is 0 Å². The third-order valence-corrected chi connectivity index (χ3v) is 3.62. The van der Waals surface area contributed by atoms with Crippen molar-refractivity contribution in [2.24, 2.45) is 5.73 Å². The van der Waals surface area contributed by atoms with Crippen LogP contribution in [0.4, 0.5) is 0 Å². The van der Waals surface area contributed by atoms with Gasteiger partial charge in [0.05, 0.1) is 18.3 Å². The molecule has 0 aliphatic heterocycles. The lowest BCUT2D eigenvalue weighted by molar-refractivity contribution is 0.416. The number of thiazole rings is 1. The number of methoxy groups -OCH3 is 1. The van der Waals surface area contributed by atoms with E-state index in [0.717, 1.165) is 22.0 Å². The molecule has 1 aromatic heterocycles. The summed E-state index contributed by atoms with van der Waals surface area (Å²) >= 11 is 1.58. The van der Waals surface area contributed by atoms with Crippen LogP contribution in [0.25, 0.3) is 11.3 Å². The predicted molar refractivity (Wildman–Crippen MR) is 71.3 cm³/mol. The van der Waals surface area contributed by atoms with E-state index in [9.17, 15) is 0 Å². The fourth-order valence-electron chi connectivity index (χ4n) is 1.55. The first-order chi connectivity index (χ1) is 8.02. The minimum absolute atomic E-state index is 0.398. The Morgan fingerprint density at radius 3 is 2.59 bits per heavy atom. The van der Waals surface area contributed by atoms with E-state index in [1.165, 1.54) is 0 Å². The van der Waals surface area contributed by atoms with E-state index in [-0.39, 0.29) is 0 Å². The van der Waals surface area contributed by atoms with Crippen molar-refractivity contribution < 1.29 is 4.74 Å². The molecule has 0 aliphatic carbocycles. The molecule has 90 valence electrons. The molecule has 2 N–H and O–H groups in total. The van der Waals surface area contributed by atoms with E-state index >= 15 is 0 Å². The minimum atomic E-state index is -0.398. The van der Waals surface area contributed by atoms with Gasteiger partial charge in [-0.3, -0.25) is 0 Å². The van der Waals surface area contributed by atoms with Crippen LogP contribution in [0.1, 0.15) is 18.9 Å². The predicted octanol–water partition coefficient (Wildman–Crippen LogP) is 3.01. The highest BCUT2D eigenvalue weighted by Crippen LogP contribution is 2.32. The lowest BCUT2D eigenvalue weighted by Crippen LogP contribution is -2.28. The van der Waals surface area contributed by atoms with Crippen LogP contribution in [-0.2, 0) is 5.54 Å². The topological polar surface area (TPSA) is 48.1 Å². The molecule has 0 fully saturated rings. The zero-order chi connectivity index (χ0) is 12.5. The van der Waals surface area contributed by atoms with Crippen molar-refractivity contribution in [2.75, 3.05) is 7.11 Å². The van der Waals surface area contributed by atoms with Crippen molar-refractivity contribution in [1.82, 2.24) is 4.98 Å². The summed E-state index contributed by atoms with van der Waals surface area (Å²) in [5, 5.41) is 2.94. The highest BCUT2D eigenvalue weighted by Gasteiger charge is 2.19. The number of aromatic nitrogens is 1. The second kappa shape index (κ2) is 4.47. The molecule has 0 unspecified atom stereocenters. The fraction of sp³-hybridized carbons (Fsp3) is 0.308. The maximum atomic E-state index is 6.04. The van der Waals surface area contributed by atoms with Crippen LogP contribution in [0.3, 0.4) is 0 Å². The molecule has 0 spiro atoms. The van der Waals surface area contributed by atoms with E-state index in [2.05, 4.69) is 4.98 Å². The summed E-state index contributed by atoms with van der Waals surface area (Å²) in [6, 6.07) is 7.86. The van der Waals surface area contributed by atoms with Gasteiger partial charge in [0, 0.05) is 10.9 Å². The van der Waals surface area contributed by atoms with Gasteiger partial charge in [-0.05, 0) is 26.0 Å². The van der Waals surface area contributed by atoms with Gasteiger partial charge >= 0.3 is 0 Å². The zero-order valence-corrected chi connectivity index (χ0v) is 11.0. The molecular weight excluding hydrogens is 232 g/mol. The molecule has 0 saturated carbocycles. The summed E-state index contributed by atoms with van der Waals surface area (Å²) in [5.74, 6) is 0.833. The number of hydrogen-bond acceptors (Lipinski definition) is 4. The maximum absolute atomic E-state index is 6.04. The van der Waals surface area contributed by atoms with Crippen LogP contribution in [0, 0.1) is 0 Å². The summed E-state index contributed by atoms with van der Waals surface area (Å²) in [6.45, 7) is 3.91. The second-order valence-electron chi connectivity index (χ2n) is 4.46. The maximum Gasteiger partial charge on any atom is 0.128 e. The molecule has 17 heavy (non-hydrogen) atoms. The van der Waals surface area contributed by atoms with Crippen LogP contribution < -0.4 is 10.5 Å². The first-order valence-corrected chi connectivity index (χ1v) is 6.28. The normalized spacial score (nSPS) is 11.5. The molecule has 1 aromatic carbocycles. The third kappa shape index (κ3) is 2.48. The molecule has 2 aromatic rings. The zero-order valence-electron chi connectivity index (χ0n) is 10.2. The monoisotopic (exact) mass is 248 g/mol. The SMILES string of the molecule is COc1ccccc1-c1csc(C(C)(C)N)n1. The van der Waals surface area contributed by atoms with Crippen molar-refractivity contribution >= 4 is 11.3 Å². The summed E-state index contributed by atoms with van der Waals surface area (Å²) in [7, 11) is 1.67. The van der Waals surface area contributed by atoms with E-state index < -0.39 is 5.54 Å². The number of nitrogens with two attached hydrogens (primary N) is 1. The smallest absolute Gasteiger partial charge is 0.128 e. The first-order valence-electron chi connectivity index (χ1n) is 5.40. The number of hydrogen-bond donors (Lipinski definition) is 1. The van der Waals surface area contributed by atoms with Crippen molar-refractivity contribution in [2.45, 2.75) is 19.4 Å². The Bertz CT molecular complexity index is 514. The van der Waals surface area contributed by atoms with E-state index in [0.29, 0.717) is 0 Å². The molecule has 1 heterocycles. The molecule has 0 saturated heterocycles. The van der Waals surface area contributed by atoms with Crippen molar-refractivity contribution in [3.8, 4) is 17.0 Å². The van der Waals surface area contributed by atoms with Gasteiger partial charge in [0.25, 0.3) is 0 Å². The van der Waals surface area contributed by atoms with Gasteiger partial charge in [-0.2, -0.15) is 0 Å². The average Bonchev–Trinajstić information content (AvgIpc) is 2.77. The van der Waals surface area contributed by atoms with Crippen molar-refractivity contribution in [3.05, 3.63) is 34.7 Å². The fourth-order valence-corrected chi connectivity index (χ4v) is 2.41. The highest BCUT2D eigenvalue weighted by molar-refractivity contribution is 7.10. The van der Waals surface area contributed by atoms with Gasteiger partial charge in [0.15, 0.2) is 0 Å². The Morgan fingerprint density at radius 2 is 2.00 bits per heavy atom. The van der Waals surface area contributed by atoms with Crippen LogP contribution in [0.5, 0.6) is 5.75 Å². The third-order valence-electron chi connectivity index (χ3n) is 2.44. The Morgan fingerprint density at radius 1 is 1.29 bits per heavy atom. The molecule has 3 nitrogen and oxygen atoms in total. The van der Waals surface area contributed by atoms with Gasteiger partial charge in [-0.1, -0.05) is 12.1 Å². The van der Waals surface area contributed by atoms with Crippen LogP contribution >= 0.6 is 11.3 Å². The van der Waals surface area contributed by atoms with Gasteiger partial charge in [0.1, 0.15) is 10.8 Å².